The van der Waals surface area contributed by atoms with Crippen molar-refractivity contribution in [1.29, 1.82) is 0 Å². The topological polar surface area (TPSA) is 126 Å². The summed E-state index contributed by atoms with van der Waals surface area (Å²) < 4.78 is 11.0. The first-order chi connectivity index (χ1) is 15.3. The van der Waals surface area contributed by atoms with Crippen molar-refractivity contribution in [2.75, 3.05) is 36.0 Å². The van der Waals surface area contributed by atoms with Gasteiger partial charge < -0.3 is 19.7 Å². The number of imide groups is 1. The van der Waals surface area contributed by atoms with Gasteiger partial charge in [-0.2, -0.15) is 10.00 Å². The van der Waals surface area contributed by atoms with Crippen molar-refractivity contribution in [3.63, 3.8) is 0 Å². The number of hydrogen-bond acceptors (Lipinski definition) is 9. The number of nitrogens with zero attached hydrogens (tertiary/aromatic N) is 5. The van der Waals surface area contributed by atoms with Gasteiger partial charge in [-0.25, -0.2) is 19.6 Å². The number of aromatic amines is 1. The number of nitrogens with one attached hydrogen (secondary N) is 2. The summed E-state index contributed by atoms with van der Waals surface area (Å²) in [4.78, 5) is 38.4. The zero-order valence-electron chi connectivity index (χ0n) is 20.4. The summed E-state index contributed by atoms with van der Waals surface area (Å²) in [6.45, 7) is 15.3. The second-order valence-electron chi connectivity index (χ2n) is 9.87. The highest BCUT2D eigenvalue weighted by Crippen LogP contribution is 2.31. The Labute approximate surface area is 193 Å². The van der Waals surface area contributed by atoms with Crippen LogP contribution in [0.5, 0.6) is 0 Å². The molecule has 0 bridgehead atoms. The number of rotatable bonds is 3. The van der Waals surface area contributed by atoms with Crippen LogP contribution < -0.4 is 15.1 Å². The highest BCUT2D eigenvalue weighted by atomic mass is 16.6. The number of anilines is 2. The number of amides is 2. The smallest absolute Gasteiger partial charge is 0.425 e. The van der Waals surface area contributed by atoms with Crippen LogP contribution in [-0.2, 0) is 9.47 Å². The van der Waals surface area contributed by atoms with Crippen LogP contribution in [0.3, 0.4) is 0 Å². The fourth-order valence-electron chi connectivity index (χ4n) is 3.16. The number of hydrogen-bond donors (Lipinski definition) is 2. The molecule has 0 aliphatic carbocycles. The number of ether oxygens (including phenoxy) is 2. The van der Waals surface area contributed by atoms with Crippen molar-refractivity contribution in [1.82, 2.24) is 25.5 Å². The lowest BCUT2D eigenvalue weighted by atomic mass is 10.2. The van der Waals surface area contributed by atoms with Crippen molar-refractivity contribution < 1.29 is 19.1 Å². The highest BCUT2D eigenvalue weighted by molar-refractivity contribution is 6.10. The lowest BCUT2D eigenvalue weighted by molar-refractivity contribution is 0.0429. The van der Waals surface area contributed by atoms with E-state index < -0.39 is 23.4 Å². The van der Waals surface area contributed by atoms with E-state index in [2.05, 4.69) is 25.4 Å². The summed E-state index contributed by atoms with van der Waals surface area (Å²) in [6, 6.07) is 1.78. The molecule has 0 unspecified atom stereocenters. The Balaban J connectivity index is 2.12. The minimum atomic E-state index is -0.908. The van der Waals surface area contributed by atoms with E-state index in [-0.39, 0.29) is 11.5 Å². The molecule has 0 atom stereocenters. The van der Waals surface area contributed by atoms with Gasteiger partial charge in [0.2, 0.25) is 0 Å². The van der Waals surface area contributed by atoms with Crippen molar-refractivity contribution >= 4 is 23.8 Å². The summed E-state index contributed by atoms with van der Waals surface area (Å²) >= 11 is 0. The maximum atomic E-state index is 13.2. The molecule has 0 radical (unpaired) electrons. The zero-order valence-corrected chi connectivity index (χ0v) is 20.4. The van der Waals surface area contributed by atoms with E-state index in [0.29, 0.717) is 11.5 Å². The number of carbonyl (C=O) groups is 2. The molecule has 2 aromatic heterocycles. The van der Waals surface area contributed by atoms with Crippen LogP contribution in [0, 0.1) is 6.92 Å². The van der Waals surface area contributed by atoms with E-state index in [9.17, 15) is 9.59 Å². The quantitative estimate of drug-likeness (QED) is 0.711. The van der Waals surface area contributed by atoms with Crippen LogP contribution in [-0.4, -0.2) is 69.7 Å². The SMILES string of the molecule is Cc1cc(-c2nc(N3CCNCC3)cnc2N(C(=O)OC(C)(C)C)C(=O)OC(C)(C)C)n[nH]1. The van der Waals surface area contributed by atoms with Gasteiger partial charge in [0.1, 0.15) is 28.4 Å². The Morgan fingerprint density at radius 1 is 1.03 bits per heavy atom. The highest BCUT2D eigenvalue weighted by Gasteiger charge is 2.36. The number of aryl methyl sites for hydroxylation is 1. The van der Waals surface area contributed by atoms with E-state index in [1.165, 1.54) is 0 Å². The first kappa shape index (κ1) is 24.4. The monoisotopic (exact) mass is 459 g/mol. The fourth-order valence-corrected chi connectivity index (χ4v) is 3.16. The van der Waals surface area contributed by atoms with Crippen LogP contribution in [0.25, 0.3) is 11.4 Å². The summed E-state index contributed by atoms with van der Waals surface area (Å²) in [5.74, 6) is 0.619. The van der Waals surface area contributed by atoms with Gasteiger partial charge in [0.25, 0.3) is 0 Å². The first-order valence-electron chi connectivity index (χ1n) is 11.0. The third kappa shape index (κ3) is 6.41. The van der Waals surface area contributed by atoms with Gasteiger partial charge in [-0.1, -0.05) is 0 Å². The van der Waals surface area contributed by atoms with Crippen LogP contribution in [0.2, 0.25) is 0 Å². The minimum absolute atomic E-state index is 0.0103. The Morgan fingerprint density at radius 2 is 1.61 bits per heavy atom. The molecule has 1 fully saturated rings. The van der Waals surface area contributed by atoms with E-state index >= 15 is 0 Å². The predicted molar refractivity (Wildman–Crippen MR) is 124 cm³/mol. The minimum Gasteiger partial charge on any atom is -0.443 e. The Hall–Kier alpha value is -3.21. The second-order valence-corrected chi connectivity index (χ2v) is 9.87. The Kier molecular flexibility index (Phi) is 6.92. The summed E-state index contributed by atoms with van der Waals surface area (Å²) in [6.07, 6.45) is -0.269. The molecule has 11 nitrogen and oxygen atoms in total. The lowest BCUT2D eigenvalue weighted by Gasteiger charge is -2.30. The van der Waals surface area contributed by atoms with Gasteiger partial charge in [-0.15, -0.1) is 0 Å². The first-order valence-corrected chi connectivity index (χ1v) is 11.0. The average Bonchev–Trinajstić information content (AvgIpc) is 3.12. The maximum absolute atomic E-state index is 13.2. The maximum Gasteiger partial charge on any atom is 0.425 e. The number of piperazine rings is 1. The lowest BCUT2D eigenvalue weighted by Crippen LogP contribution is -2.45. The molecule has 0 spiro atoms. The zero-order chi connectivity index (χ0) is 24.4. The third-order valence-electron chi connectivity index (χ3n) is 4.49. The third-order valence-corrected chi connectivity index (χ3v) is 4.49. The van der Waals surface area contributed by atoms with Crippen LogP contribution >= 0.6 is 0 Å². The van der Waals surface area contributed by atoms with Crippen molar-refractivity contribution in [3.05, 3.63) is 18.0 Å². The van der Waals surface area contributed by atoms with Crippen molar-refractivity contribution in [3.8, 4) is 11.4 Å². The molecule has 11 heteroatoms. The van der Waals surface area contributed by atoms with E-state index in [4.69, 9.17) is 14.5 Å². The Morgan fingerprint density at radius 3 is 2.09 bits per heavy atom. The van der Waals surface area contributed by atoms with E-state index in [1.54, 1.807) is 53.8 Å². The summed E-state index contributed by atoms with van der Waals surface area (Å²) in [5, 5.41) is 10.5. The van der Waals surface area contributed by atoms with Gasteiger partial charge in [0.15, 0.2) is 5.82 Å². The molecule has 3 rings (SSSR count). The average molecular weight is 460 g/mol. The van der Waals surface area contributed by atoms with Crippen molar-refractivity contribution in [2.45, 2.75) is 59.7 Å². The normalized spacial score (nSPS) is 14.7. The molecule has 2 aromatic rings. The number of H-pyrrole nitrogens is 1. The molecular formula is C22H33N7O4. The van der Waals surface area contributed by atoms with Crippen LogP contribution in [0.15, 0.2) is 12.3 Å². The second kappa shape index (κ2) is 9.34. The molecule has 0 aromatic carbocycles. The molecule has 1 saturated heterocycles. The number of aromatic nitrogens is 4. The predicted octanol–water partition coefficient (Wildman–Crippen LogP) is 3.26. The standard InChI is InChI=1S/C22H33N7O4/c1-14-12-15(27-26-14)17-18(24-13-16(25-17)28-10-8-23-9-11-28)29(19(30)32-21(2,3)4)20(31)33-22(5,6)7/h12-13,23H,8-11H2,1-7H3,(H,26,27). The molecular weight excluding hydrogens is 426 g/mol. The summed E-state index contributed by atoms with van der Waals surface area (Å²) in [7, 11) is 0. The molecule has 1 aliphatic heterocycles. The van der Waals surface area contributed by atoms with E-state index in [0.717, 1.165) is 36.8 Å². The van der Waals surface area contributed by atoms with E-state index in [1.807, 2.05) is 6.92 Å². The van der Waals surface area contributed by atoms with Gasteiger partial charge in [0.05, 0.1) is 6.20 Å². The van der Waals surface area contributed by atoms with Crippen molar-refractivity contribution in [2.24, 2.45) is 0 Å². The molecule has 2 N–H and O–H groups in total. The molecule has 1 aliphatic rings. The molecule has 180 valence electrons. The molecule has 3 heterocycles. The molecule has 0 saturated carbocycles. The largest absolute Gasteiger partial charge is 0.443 e. The van der Waals surface area contributed by atoms with Gasteiger partial charge in [-0.3, -0.25) is 5.10 Å². The van der Waals surface area contributed by atoms with Gasteiger partial charge in [-0.05, 0) is 54.5 Å². The number of carbonyl (C=O) groups excluding carboxylic acids is 2. The molecule has 33 heavy (non-hydrogen) atoms. The molecule has 2 amide bonds. The van der Waals surface area contributed by atoms with Crippen LogP contribution in [0.4, 0.5) is 21.2 Å². The fraction of sp³-hybridized carbons (Fsp3) is 0.591. The van der Waals surface area contributed by atoms with Crippen LogP contribution in [0.1, 0.15) is 47.2 Å². The van der Waals surface area contributed by atoms with Gasteiger partial charge >= 0.3 is 12.2 Å². The Bertz CT molecular complexity index is 973. The summed E-state index contributed by atoms with van der Waals surface area (Å²) in [5.41, 5.74) is -0.161. The van der Waals surface area contributed by atoms with Gasteiger partial charge in [0, 0.05) is 31.9 Å².